The molecule has 0 spiro atoms. The summed E-state index contributed by atoms with van der Waals surface area (Å²) < 4.78 is 7.55. The lowest BCUT2D eigenvalue weighted by atomic mass is 9.93. The maximum atomic E-state index is 12.3. The van der Waals surface area contributed by atoms with Gasteiger partial charge in [0.25, 0.3) is 0 Å². The summed E-state index contributed by atoms with van der Waals surface area (Å²) in [5.74, 6) is 0. The second kappa shape index (κ2) is 8.77. The highest BCUT2D eigenvalue weighted by atomic mass is 16.6. The van der Waals surface area contributed by atoms with Crippen LogP contribution in [0.2, 0.25) is 0 Å². The summed E-state index contributed by atoms with van der Waals surface area (Å²) in [4.78, 5) is 16.2. The molecule has 0 radical (unpaired) electrons. The van der Waals surface area contributed by atoms with Crippen LogP contribution in [0, 0.1) is 0 Å². The van der Waals surface area contributed by atoms with E-state index in [1.807, 2.05) is 38.6 Å². The Bertz CT molecular complexity index is 954. The molecule has 1 aromatic heterocycles. The summed E-state index contributed by atoms with van der Waals surface area (Å²) >= 11 is 0. The minimum absolute atomic E-state index is 0.230. The number of rotatable bonds is 3. The van der Waals surface area contributed by atoms with Crippen molar-refractivity contribution in [2.24, 2.45) is 0 Å². The zero-order valence-corrected chi connectivity index (χ0v) is 19.9. The molecule has 4 rings (SSSR count). The third-order valence-electron chi connectivity index (χ3n) is 6.49. The van der Waals surface area contributed by atoms with Crippen LogP contribution in [0.15, 0.2) is 30.6 Å². The topological polar surface area (TPSA) is 70.8 Å². The van der Waals surface area contributed by atoms with E-state index in [1.165, 1.54) is 5.56 Å². The van der Waals surface area contributed by atoms with Gasteiger partial charge >= 0.3 is 6.09 Å². The van der Waals surface area contributed by atoms with E-state index in [2.05, 4.69) is 41.3 Å². The molecule has 3 heterocycles. The standard InChI is InChI=1S/C25H36N4O3/c1-17-6-7-20-14-19(8-9-23(20)29(17)18(2)30)21-15-26-28(16-21)22-10-12-27(13-11-22)24(31)32-25(3,4)5/h8-9,14-18,22,30H,6-7,10-13H2,1-5H3/t17-,18?/m0/s1. The number of aryl methyl sites for hydroxylation is 1. The Hall–Kier alpha value is -2.54. The lowest BCUT2D eigenvalue weighted by Gasteiger charge is -2.39. The number of aromatic nitrogens is 2. The molecular weight excluding hydrogens is 404 g/mol. The lowest BCUT2D eigenvalue weighted by Crippen LogP contribution is -2.43. The smallest absolute Gasteiger partial charge is 0.410 e. The maximum absolute atomic E-state index is 12.3. The minimum atomic E-state index is -0.496. The van der Waals surface area contributed by atoms with Gasteiger partial charge in [-0.1, -0.05) is 6.07 Å². The number of likely N-dealkylation sites (tertiary alicyclic amines) is 1. The van der Waals surface area contributed by atoms with Crippen LogP contribution in [0.3, 0.4) is 0 Å². The molecule has 0 aliphatic carbocycles. The van der Waals surface area contributed by atoms with E-state index in [4.69, 9.17) is 4.74 Å². The maximum Gasteiger partial charge on any atom is 0.410 e. The zero-order valence-electron chi connectivity index (χ0n) is 19.9. The van der Waals surface area contributed by atoms with E-state index >= 15 is 0 Å². The van der Waals surface area contributed by atoms with Crippen molar-refractivity contribution in [3.05, 3.63) is 36.2 Å². The number of carbonyl (C=O) groups is 1. The number of carbonyl (C=O) groups excluding carboxylic acids is 1. The first-order valence-electron chi connectivity index (χ1n) is 11.7. The van der Waals surface area contributed by atoms with E-state index in [0.29, 0.717) is 19.1 Å². The predicted molar refractivity (Wildman–Crippen MR) is 126 cm³/mol. The Morgan fingerprint density at radius 1 is 1.19 bits per heavy atom. The molecule has 2 aliphatic rings. The Labute approximate surface area is 191 Å². The van der Waals surface area contributed by atoms with Crippen molar-refractivity contribution in [1.29, 1.82) is 0 Å². The summed E-state index contributed by atoms with van der Waals surface area (Å²) in [5, 5.41) is 14.9. The van der Waals surface area contributed by atoms with Gasteiger partial charge in [0.1, 0.15) is 11.8 Å². The number of nitrogens with zero attached hydrogens (tertiary/aromatic N) is 4. The van der Waals surface area contributed by atoms with Crippen LogP contribution in [-0.4, -0.2) is 56.8 Å². The number of amides is 1. The van der Waals surface area contributed by atoms with Gasteiger partial charge in [-0.3, -0.25) is 4.68 Å². The van der Waals surface area contributed by atoms with Gasteiger partial charge in [-0.2, -0.15) is 5.10 Å². The summed E-state index contributed by atoms with van der Waals surface area (Å²) in [6, 6.07) is 7.11. The van der Waals surface area contributed by atoms with Crippen LogP contribution in [-0.2, 0) is 11.2 Å². The fourth-order valence-corrected chi connectivity index (χ4v) is 4.85. The van der Waals surface area contributed by atoms with Gasteiger partial charge in [-0.25, -0.2) is 4.79 Å². The van der Waals surface area contributed by atoms with Crippen molar-refractivity contribution < 1.29 is 14.6 Å². The second-order valence-corrected chi connectivity index (χ2v) is 10.2. The Morgan fingerprint density at radius 3 is 2.56 bits per heavy atom. The molecule has 1 N–H and O–H groups in total. The highest BCUT2D eigenvalue weighted by molar-refractivity contribution is 5.69. The highest BCUT2D eigenvalue weighted by Crippen LogP contribution is 2.35. The molecule has 2 atom stereocenters. The van der Waals surface area contributed by atoms with Crippen molar-refractivity contribution >= 4 is 11.8 Å². The molecule has 7 nitrogen and oxygen atoms in total. The number of ether oxygens (including phenoxy) is 1. The Balaban J connectivity index is 1.43. The highest BCUT2D eigenvalue weighted by Gasteiger charge is 2.29. The minimum Gasteiger partial charge on any atom is -0.444 e. The van der Waals surface area contributed by atoms with E-state index in [0.717, 1.165) is 42.5 Å². The van der Waals surface area contributed by atoms with E-state index < -0.39 is 11.8 Å². The van der Waals surface area contributed by atoms with Crippen molar-refractivity contribution in [3.63, 3.8) is 0 Å². The van der Waals surface area contributed by atoms with Crippen LogP contribution >= 0.6 is 0 Å². The molecule has 32 heavy (non-hydrogen) atoms. The number of piperidine rings is 1. The number of aliphatic hydroxyl groups is 1. The molecular formula is C25H36N4O3. The number of anilines is 1. The fraction of sp³-hybridized carbons (Fsp3) is 0.600. The summed E-state index contributed by atoms with van der Waals surface area (Å²) in [6.45, 7) is 11.0. The van der Waals surface area contributed by atoms with Crippen molar-refractivity contribution in [2.45, 2.75) is 84.2 Å². The number of benzene rings is 1. The van der Waals surface area contributed by atoms with Gasteiger partial charge in [0.2, 0.25) is 0 Å². The Morgan fingerprint density at radius 2 is 1.91 bits per heavy atom. The average Bonchev–Trinajstić information content (AvgIpc) is 3.22. The van der Waals surface area contributed by atoms with Gasteiger partial charge in [0.05, 0.1) is 12.2 Å². The summed E-state index contributed by atoms with van der Waals surface area (Å²) in [6.07, 6.45) is 7.11. The number of hydrogen-bond acceptors (Lipinski definition) is 5. The van der Waals surface area contributed by atoms with Gasteiger partial charge in [0, 0.05) is 36.6 Å². The first-order chi connectivity index (χ1) is 15.1. The summed E-state index contributed by atoms with van der Waals surface area (Å²) in [7, 11) is 0. The third kappa shape index (κ3) is 4.77. The fourth-order valence-electron chi connectivity index (χ4n) is 4.85. The van der Waals surface area contributed by atoms with E-state index in [9.17, 15) is 9.90 Å². The normalized spacial score (nSPS) is 20.8. The first-order valence-corrected chi connectivity index (χ1v) is 11.7. The number of fused-ring (bicyclic) bond motifs is 1. The van der Waals surface area contributed by atoms with Gasteiger partial charge in [-0.05, 0) is 83.6 Å². The number of hydrogen-bond donors (Lipinski definition) is 1. The number of aliphatic hydroxyl groups excluding tert-OH is 1. The van der Waals surface area contributed by atoms with E-state index in [-0.39, 0.29) is 12.1 Å². The first kappa shape index (κ1) is 22.6. The molecule has 1 unspecified atom stereocenters. The molecule has 2 aliphatic heterocycles. The van der Waals surface area contributed by atoms with Gasteiger partial charge in [0.15, 0.2) is 0 Å². The molecule has 0 bridgehead atoms. The third-order valence-corrected chi connectivity index (χ3v) is 6.49. The monoisotopic (exact) mass is 440 g/mol. The molecule has 7 heteroatoms. The van der Waals surface area contributed by atoms with Gasteiger partial charge < -0.3 is 19.6 Å². The second-order valence-electron chi connectivity index (χ2n) is 10.2. The van der Waals surface area contributed by atoms with Crippen molar-refractivity contribution in [2.75, 3.05) is 18.0 Å². The molecule has 2 aromatic rings. The van der Waals surface area contributed by atoms with Crippen LogP contribution in [0.5, 0.6) is 0 Å². The van der Waals surface area contributed by atoms with Gasteiger partial charge in [-0.15, -0.1) is 0 Å². The quantitative estimate of drug-likeness (QED) is 0.755. The largest absolute Gasteiger partial charge is 0.444 e. The zero-order chi connectivity index (χ0) is 23.0. The molecule has 0 saturated carbocycles. The molecule has 174 valence electrons. The SMILES string of the molecule is CC(O)N1c2ccc(-c3cnn(C4CCN(C(=O)OC(C)(C)C)CC4)c3)cc2CC[C@@H]1C. The lowest BCUT2D eigenvalue weighted by molar-refractivity contribution is 0.0185. The molecule has 1 fully saturated rings. The van der Waals surface area contributed by atoms with Crippen LogP contribution < -0.4 is 4.90 Å². The average molecular weight is 441 g/mol. The molecule has 1 aromatic carbocycles. The van der Waals surface area contributed by atoms with Crippen LogP contribution in [0.1, 0.15) is 65.5 Å². The summed E-state index contributed by atoms with van der Waals surface area (Å²) in [5.41, 5.74) is 4.19. The van der Waals surface area contributed by atoms with Crippen LogP contribution in [0.4, 0.5) is 10.5 Å². The van der Waals surface area contributed by atoms with Crippen molar-refractivity contribution in [3.8, 4) is 11.1 Å². The Kier molecular flexibility index (Phi) is 6.21. The van der Waals surface area contributed by atoms with Crippen molar-refractivity contribution in [1.82, 2.24) is 14.7 Å². The van der Waals surface area contributed by atoms with E-state index in [1.54, 1.807) is 4.90 Å². The van der Waals surface area contributed by atoms with Crippen LogP contribution in [0.25, 0.3) is 11.1 Å². The molecule has 1 saturated heterocycles. The molecule has 1 amide bonds. The predicted octanol–water partition coefficient (Wildman–Crippen LogP) is 4.60.